The number of carbonyl (C=O) groups is 1. The summed E-state index contributed by atoms with van der Waals surface area (Å²) < 4.78 is 1.78. The van der Waals surface area contributed by atoms with E-state index in [-0.39, 0.29) is 18.0 Å². The molecular weight excluding hydrogens is 260 g/mol. The predicted molar refractivity (Wildman–Crippen MR) is 61.6 cm³/mol. The molecule has 0 unspecified atom stereocenters. The minimum Gasteiger partial charge on any atom is -0.351 e. The summed E-state index contributed by atoms with van der Waals surface area (Å²) in [5, 5.41) is 2.60. The van der Waals surface area contributed by atoms with Crippen molar-refractivity contribution in [1.29, 1.82) is 0 Å². The van der Waals surface area contributed by atoms with Crippen molar-refractivity contribution < 1.29 is 4.79 Å². The molecule has 1 aromatic rings. The molecule has 1 rings (SSSR count). The molecule has 1 N–H and O–H groups in total. The Labute approximate surface area is 95.7 Å². The molecule has 1 aromatic heterocycles. The molecule has 5 heteroatoms. The summed E-state index contributed by atoms with van der Waals surface area (Å²) in [6, 6.07) is 3.34. The van der Waals surface area contributed by atoms with Crippen molar-refractivity contribution in [3.8, 4) is 0 Å². The smallest absolute Gasteiger partial charge is 0.265 e. The number of pyridine rings is 1. The Bertz CT molecular complexity index is 426. The molecule has 0 fully saturated rings. The lowest BCUT2D eigenvalue weighted by Gasteiger charge is -2.05. The van der Waals surface area contributed by atoms with Gasteiger partial charge in [0, 0.05) is 12.7 Å². The van der Waals surface area contributed by atoms with Gasteiger partial charge in [-0.05, 0) is 28.1 Å². The Balaban J connectivity index is 2.73. The second kappa shape index (κ2) is 5.50. The number of hydrogen-bond acceptors (Lipinski definition) is 2. The summed E-state index contributed by atoms with van der Waals surface area (Å²) in [6.45, 7) is 3.90. The molecule has 0 saturated heterocycles. The van der Waals surface area contributed by atoms with Gasteiger partial charge in [-0.2, -0.15) is 0 Å². The normalized spacial score (nSPS) is 9.67. The van der Waals surface area contributed by atoms with Gasteiger partial charge in [0.1, 0.15) is 6.54 Å². The number of aromatic nitrogens is 1. The zero-order chi connectivity index (χ0) is 11.3. The van der Waals surface area contributed by atoms with Crippen LogP contribution >= 0.6 is 15.9 Å². The second-order valence-corrected chi connectivity index (χ2v) is 3.74. The summed E-state index contributed by atoms with van der Waals surface area (Å²) >= 11 is 3.11. The van der Waals surface area contributed by atoms with Gasteiger partial charge < -0.3 is 9.88 Å². The van der Waals surface area contributed by atoms with Gasteiger partial charge in [0.2, 0.25) is 5.91 Å². The minimum absolute atomic E-state index is 0.0200. The first kappa shape index (κ1) is 11.7. The average molecular weight is 271 g/mol. The minimum atomic E-state index is -0.216. The molecule has 0 atom stereocenters. The predicted octanol–water partition coefficient (Wildman–Crippen LogP) is 0.913. The van der Waals surface area contributed by atoms with E-state index in [9.17, 15) is 9.59 Å². The van der Waals surface area contributed by atoms with Gasteiger partial charge in [0.05, 0.1) is 4.47 Å². The van der Waals surface area contributed by atoms with Crippen molar-refractivity contribution in [3.63, 3.8) is 0 Å². The van der Waals surface area contributed by atoms with E-state index in [2.05, 4.69) is 27.8 Å². The van der Waals surface area contributed by atoms with Gasteiger partial charge in [0.25, 0.3) is 5.56 Å². The molecular formula is C10H11BrN2O2. The summed E-state index contributed by atoms with van der Waals surface area (Å²) in [7, 11) is 0. The van der Waals surface area contributed by atoms with E-state index in [1.165, 1.54) is 4.57 Å². The molecule has 0 aliphatic rings. The fourth-order valence-corrected chi connectivity index (χ4v) is 1.41. The van der Waals surface area contributed by atoms with Crippen molar-refractivity contribution in [3.05, 3.63) is 45.8 Å². The molecule has 1 amide bonds. The Kier molecular flexibility index (Phi) is 4.30. The number of carbonyl (C=O) groups excluding carboxylic acids is 1. The van der Waals surface area contributed by atoms with Crippen LogP contribution in [0.1, 0.15) is 0 Å². The van der Waals surface area contributed by atoms with Gasteiger partial charge in [-0.15, -0.1) is 6.58 Å². The third-order valence-corrected chi connectivity index (χ3v) is 2.33. The van der Waals surface area contributed by atoms with E-state index in [0.29, 0.717) is 11.0 Å². The Hall–Kier alpha value is -1.36. The van der Waals surface area contributed by atoms with Crippen LogP contribution in [-0.4, -0.2) is 17.0 Å². The molecule has 80 valence electrons. The van der Waals surface area contributed by atoms with Crippen LogP contribution in [0.3, 0.4) is 0 Å². The first-order valence-corrected chi connectivity index (χ1v) is 5.17. The zero-order valence-electron chi connectivity index (χ0n) is 8.07. The Morgan fingerprint density at radius 1 is 1.67 bits per heavy atom. The Morgan fingerprint density at radius 3 is 3.07 bits per heavy atom. The lowest BCUT2D eigenvalue weighted by atomic mass is 10.4. The van der Waals surface area contributed by atoms with E-state index in [1.54, 1.807) is 24.4 Å². The second-order valence-electron chi connectivity index (χ2n) is 2.88. The van der Waals surface area contributed by atoms with Crippen molar-refractivity contribution >= 4 is 21.8 Å². The van der Waals surface area contributed by atoms with E-state index >= 15 is 0 Å². The molecule has 4 nitrogen and oxygen atoms in total. The van der Waals surface area contributed by atoms with Gasteiger partial charge in [0.15, 0.2) is 0 Å². The SMILES string of the molecule is C=CCNC(=O)Cn1cccc(Br)c1=O. The third kappa shape index (κ3) is 3.36. The van der Waals surface area contributed by atoms with Crippen LogP contribution in [0.5, 0.6) is 0 Å². The number of rotatable bonds is 4. The largest absolute Gasteiger partial charge is 0.351 e. The lowest BCUT2D eigenvalue weighted by Crippen LogP contribution is -2.32. The van der Waals surface area contributed by atoms with Crippen LogP contribution in [0.2, 0.25) is 0 Å². The summed E-state index contributed by atoms with van der Waals surface area (Å²) in [4.78, 5) is 22.8. The van der Waals surface area contributed by atoms with Crippen LogP contribution in [0, 0.1) is 0 Å². The fourth-order valence-electron chi connectivity index (χ4n) is 1.03. The van der Waals surface area contributed by atoms with Crippen LogP contribution < -0.4 is 10.9 Å². The van der Waals surface area contributed by atoms with Crippen molar-refractivity contribution in [1.82, 2.24) is 9.88 Å². The van der Waals surface area contributed by atoms with E-state index < -0.39 is 0 Å². The summed E-state index contributed by atoms with van der Waals surface area (Å²) in [6.07, 6.45) is 3.15. The highest BCUT2D eigenvalue weighted by Crippen LogP contribution is 2.00. The summed E-state index contributed by atoms with van der Waals surface area (Å²) in [5.41, 5.74) is -0.216. The first-order valence-electron chi connectivity index (χ1n) is 4.37. The highest BCUT2D eigenvalue weighted by molar-refractivity contribution is 9.10. The molecule has 0 aromatic carbocycles. The fraction of sp³-hybridized carbons (Fsp3) is 0.200. The van der Waals surface area contributed by atoms with Gasteiger partial charge in [-0.1, -0.05) is 6.08 Å². The molecule has 0 bridgehead atoms. The lowest BCUT2D eigenvalue weighted by molar-refractivity contribution is -0.121. The van der Waals surface area contributed by atoms with E-state index in [1.807, 2.05) is 0 Å². The number of amides is 1. The molecule has 1 heterocycles. The molecule has 0 aliphatic heterocycles. The van der Waals surface area contributed by atoms with Crippen molar-refractivity contribution in [2.45, 2.75) is 6.54 Å². The van der Waals surface area contributed by atoms with Crippen LogP contribution in [0.4, 0.5) is 0 Å². The summed E-state index contributed by atoms with van der Waals surface area (Å²) in [5.74, 6) is -0.213. The van der Waals surface area contributed by atoms with E-state index in [4.69, 9.17) is 0 Å². The van der Waals surface area contributed by atoms with Gasteiger partial charge in [-0.25, -0.2) is 0 Å². The van der Waals surface area contributed by atoms with Crippen molar-refractivity contribution in [2.24, 2.45) is 0 Å². The monoisotopic (exact) mass is 270 g/mol. The van der Waals surface area contributed by atoms with Gasteiger partial charge in [-0.3, -0.25) is 9.59 Å². The number of hydrogen-bond donors (Lipinski definition) is 1. The molecule has 15 heavy (non-hydrogen) atoms. The maximum Gasteiger partial charge on any atom is 0.265 e. The molecule has 0 spiro atoms. The highest BCUT2D eigenvalue weighted by Gasteiger charge is 2.04. The average Bonchev–Trinajstić information content (AvgIpc) is 2.22. The van der Waals surface area contributed by atoms with E-state index in [0.717, 1.165) is 0 Å². The molecule has 0 saturated carbocycles. The van der Waals surface area contributed by atoms with Crippen molar-refractivity contribution in [2.75, 3.05) is 6.54 Å². The number of nitrogens with zero attached hydrogens (tertiary/aromatic N) is 1. The first-order chi connectivity index (χ1) is 7.15. The molecule has 0 aliphatic carbocycles. The zero-order valence-corrected chi connectivity index (χ0v) is 9.66. The standard InChI is InChI=1S/C10H11BrN2O2/c1-2-5-12-9(14)7-13-6-3-4-8(11)10(13)15/h2-4,6H,1,5,7H2,(H,12,14). The van der Waals surface area contributed by atoms with Gasteiger partial charge >= 0.3 is 0 Å². The quantitative estimate of drug-likeness (QED) is 0.828. The number of nitrogens with one attached hydrogen (secondary N) is 1. The molecule has 0 radical (unpaired) electrons. The Morgan fingerprint density at radius 2 is 2.40 bits per heavy atom. The third-order valence-electron chi connectivity index (χ3n) is 1.73. The van der Waals surface area contributed by atoms with Crippen LogP contribution in [0.25, 0.3) is 0 Å². The van der Waals surface area contributed by atoms with Crippen LogP contribution in [-0.2, 0) is 11.3 Å². The number of halogens is 1. The topological polar surface area (TPSA) is 51.1 Å². The maximum atomic E-state index is 11.5. The van der Waals surface area contributed by atoms with Crippen LogP contribution in [0.15, 0.2) is 40.3 Å². The highest BCUT2D eigenvalue weighted by atomic mass is 79.9. The maximum absolute atomic E-state index is 11.5.